The van der Waals surface area contributed by atoms with E-state index in [-0.39, 0.29) is 12.5 Å². The van der Waals surface area contributed by atoms with Crippen LogP contribution in [0.2, 0.25) is 0 Å². The highest BCUT2D eigenvalue weighted by Gasteiger charge is 2.52. The summed E-state index contributed by atoms with van der Waals surface area (Å²) in [4.78, 5) is 28.5. The molecular formula is C34H41N3O4. The lowest BCUT2D eigenvalue weighted by Crippen LogP contribution is -2.44. The molecule has 0 saturated heterocycles. The molecule has 0 aromatic heterocycles. The van der Waals surface area contributed by atoms with Gasteiger partial charge >= 0.3 is 0 Å². The number of rotatable bonds is 11. The molecule has 4 rings (SSSR count). The Bertz CT molecular complexity index is 1390. The van der Waals surface area contributed by atoms with Crippen LogP contribution in [-0.4, -0.2) is 40.9 Å². The van der Waals surface area contributed by atoms with E-state index >= 15 is 0 Å². The van der Waals surface area contributed by atoms with E-state index in [1.54, 1.807) is 42.2 Å². The second-order valence-electron chi connectivity index (χ2n) is 11.1. The summed E-state index contributed by atoms with van der Waals surface area (Å²) in [5.74, 6) is -1.11. The average molecular weight is 556 g/mol. The Morgan fingerprint density at radius 3 is 2.51 bits per heavy atom. The van der Waals surface area contributed by atoms with E-state index < -0.39 is 17.4 Å². The van der Waals surface area contributed by atoms with Crippen molar-refractivity contribution in [2.75, 3.05) is 23.1 Å². The monoisotopic (exact) mass is 555 g/mol. The third-order valence-electron chi connectivity index (χ3n) is 7.73. The maximum absolute atomic E-state index is 13.9. The number of benzene rings is 2. The second-order valence-corrected chi connectivity index (χ2v) is 11.1. The molecule has 0 unspecified atom stereocenters. The molecule has 0 radical (unpaired) electrons. The molecule has 0 spiro atoms. The molecule has 7 heteroatoms. The van der Waals surface area contributed by atoms with Gasteiger partial charge < -0.3 is 15.1 Å². The van der Waals surface area contributed by atoms with Crippen molar-refractivity contribution < 1.29 is 19.8 Å². The lowest BCUT2D eigenvalue weighted by molar-refractivity contribution is -0.139. The van der Waals surface area contributed by atoms with Crippen molar-refractivity contribution in [2.24, 2.45) is 11.0 Å². The van der Waals surface area contributed by atoms with Crippen LogP contribution < -0.4 is 9.91 Å². The number of allylic oxidation sites excluding steroid dienone is 3. The summed E-state index contributed by atoms with van der Waals surface area (Å²) in [6.45, 7) is 8.33. The van der Waals surface area contributed by atoms with E-state index in [9.17, 15) is 19.8 Å². The molecule has 7 nitrogen and oxygen atoms in total. The van der Waals surface area contributed by atoms with Crippen LogP contribution in [0, 0.1) is 5.92 Å². The Morgan fingerprint density at radius 1 is 1.05 bits per heavy atom. The van der Waals surface area contributed by atoms with Crippen molar-refractivity contribution in [3.05, 3.63) is 95.1 Å². The molecule has 2 aromatic rings. The third-order valence-corrected chi connectivity index (χ3v) is 7.73. The minimum Gasteiger partial charge on any atom is -0.396 e. The molecule has 2 aliphatic heterocycles. The highest BCUT2D eigenvalue weighted by molar-refractivity contribution is 6.10. The van der Waals surface area contributed by atoms with Crippen LogP contribution >= 0.6 is 0 Å². The molecule has 0 saturated carbocycles. The number of carbonyl (C=O) groups excluding carboxylic acids is 2. The molecule has 2 heterocycles. The van der Waals surface area contributed by atoms with E-state index in [1.807, 2.05) is 36.4 Å². The fraction of sp³-hybridized carbons (Fsp3) is 0.382. The Hall–Kier alpha value is -3.81. The number of nitrogens with zero attached hydrogens (tertiary/aromatic N) is 3. The Balaban J connectivity index is 1.72. The summed E-state index contributed by atoms with van der Waals surface area (Å²) in [5.41, 5.74) is 3.96. The first-order valence-corrected chi connectivity index (χ1v) is 14.4. The van der Waals surface area contributed by atoms with Gasteiger partial charge in [0.2, 0.25) is 5.91 Å². The molecule has 2 N–H and O–H groups in total. The number of aliphatic hydroxyl groups excluding tert-OH is 1. The summed E-state index contributed by atoms with van der Waals surface area (Å²) in [5, 5.41) is 27.4. The van der Waals surface area contributed by atoms with Gasteiger partial charge in [-0.3, -0.25) is 9.59 Å². The van der Waals surface area contributed by atoms with Gasteiger partial charge in [-0.25, -0.2) is 5.01 Å². The summed E-state index contributed by atoms with van der Waals surface area (Å²) < 4.78 is 0. The quantitative estimate of drug-likeness (QED) is 0.332. The number of fused-ring (bicyclic) bond motifs is 1. The number of amides is 2. The van der Waals surface area contributed by atoms with Crippen molar-refractivity contribution in [3.8, 4) is 0 Å². The summed E-state index contributed by atoms with van der Waals surface area (Å²) >= 11 is 0. The summed E-state index contributed by atoms with van der Waals surface area (Å²) in [6.07, 6.45) is 10.9. The van der Waals surface area contributed by atoms with Crippen LogP contribution in [-0.2, 0) is 15.2 Å². The molecule has 0 fully saturated rings. The Kier molecular flexibility index (Phi) is 9.73. The fourth-order valence-corrected chi connectivity index (χ4v) is 5.29. The maximum Gasteiger partial charge on any atom is 0.264 e. The van der Waals surface area contributed by atoms with Gasteiger partial charge in [-0.1, -0.05) is 72.7 Å². The Morgan fingerprint density at radius 2 is 1.80 bits per heavy atom. The average Bonchev–Trinajstić information content (AvgIpc) is 3.18. The van der Waals surface area contributed by atoms with Crippen molar-refractivity contribution in [3.63, 3.8) is 0 Å². The minimum absolute atomic E-state index is 0.0158. The number of hydrogen-bond acceptors (Lipinski definition) is 5. The zero-order valence-corrected chi connectivity index (χ0v) is 24.5. The van der Waals surface area contributed by atoms with Crippen LogP contribution in [0.15, 0.2) is 89.1 Å². The molecular weight excluding hydrogens is 514 g/mol. The number of aliphatic hydroxyl groups is 2. The topological polar surface area (TPSA) is 93.4 Å². The van der Waals surface area contributed by atoms with E-state index in [0.717, 1.165) is 24.1 Å². The van der Waals surface area contributed by atoms with E-state index in [0.29, 0.717) is 42.7 Å². The number of carbonyl (C=O) groups is 2. The van der Waals surface area contributed by atoms with Crippen LogP contribution in [0.5, 0.6) is 0 Å². The number of anilines is 2. The minimum atomic E-state index is -1.83. The van der Waals surface area contributed by atoms with Crippen molar-refractivity contribution >= 4 is 28.9 Å². The van der Waals surface area contributed by atoms with Crippen molar-refractivity contribution in [2.45, 2.75) is 65.4 Å². The van der Waals surface area contributed by atoms with Crippen LogP contribution in [0.3, 0.4) is 0 Å². The van der Waals surface area contributed by atoms with E-state index in [1.165, 1.54) is 16.2 Å². The van der Waals surface area contributed by atoms with Crippen molar-refractivity contribution in [1.82, 2.24) is 0 Å². The predicted molar refractivity (Wildman–Crippen MR) is 165 cm³/mol. The second kappa shape index (κ2) is 13.2. The van der Waals surface area contributed by atoms with Gasteiger partial charge in [0.05, 0.1) is 17.1 Å². The first-order chi connectivity index (χ1) is 19.7. The lowest BCUT2D eigenvalue weighted by atomic mass is 9.82. The predicted octanol–water partition coefficient (Wildman–Crippen LogP) is 6.02. The van der Waals surface area contributed by atoms with Crippen LogP contribution in [0.1, 0.15) is 70.9 Å². The van der Waals surface area contributed by atoms with Gasteiger partial charge in [0, 0.05) is 37.5 Å². The lowest BCUT2D eigenvalue weighted by Gasteiger charge is -2.28. The molecule has 2 aliphatic rings. The highest BCUT2D eigenvalue weighted by Crippen LogP contribution is 2.47. The third kappa shape index (κ3) is 6.58. The van der Waals surface area contributed by atoms with Gasteiger partial charge in [-0.05, 0) is 63.8 Å². The number of hydrogen-bond donors (Lipinski definition) is 2. The molecule has 2 atom stereocenters. The zero-order valence-electron chi connectivity index (χ0n) is 24.5. The normalized spacial score (nSPS) is 20.0. The van der Waals surface area contributed by atoms with Gasteiger partial charge in [0.15, 0.2) is 5.60 Å². The van der Waals surface area contributed by atoms with Gasteiger partial charge in [0.1, 0.15) is 0 Å². The molecule has 0 aliphatic carbocycles. The van der Waals surface area contributed by atoms with Crippen molar-refractivity contribution in [1.29, 1.82) is 0 Å². The molecule has 41 heavy (non-hydrogen) atoms. The first kappa shape index (κ1) is 30.2. The fourth-order valence-electron chi connectivity index (χ4n) is 5.29. The standard InChI is InChI=1S/C34H41N3O4/c1-24(2)11-10-12-25(3)20-21-36-31-18-16-28(23-29(31)34(41,33(36)40)26(4)13-8-9-22-38)37-32(39)19-17-30(35-37)27-14-6-5-7-15-27/h5-8,11,13-16,18,20,23,26,38,41H,9-10,12,17,19,21-22H2,1-4H3/b13-8+,25-20+/t26-,34+/m1/s1. The first-order valence-electron chi connectivity index (χ1n) is 14.4. The maximum atomic E-state index is 13.9. The number of hydrazone groups is 1. The summed E-state index contributed by atoms with van der Waals surface area (Å²) in [6, 6.07) is 15.1. The molecule has 216 valence electrons. The largest absolute Gasteiger partial charge is 0.396 e. The van der Waals surface area contributed by atoms with E-state index in [4.69, 9.17) is 0 Å². The van der Waals surface area contributed by atoms with Crippen LogP contribution in [0.25, 0.3) is 0 Å². The van der Waals surface area contributed by atoms with Gasteiger partial charge in [-0.2, -0.15) is 5.10 Å². The van der Waals surface area contributed by atoms with Crippen LogP contribution in [0.4, 0.5) is 11.4 Å². The molecule has 2 aromatic carbocycles. The van der Waals surface area contributed by atoms with Gasteiger partial charge in [-0.15, -0.1) is 0 Å². The van der Waals surface area contributed by atoms with Gasteiger partial charge in [0.25, 0.3) is 5.91 Å². The SMILES string of the molecule is CC(C)=CCC/C(C)=C/CN1C(=O)[C@](O)([C@H](C)/C=C/CCO)c2cc(N3N=C(c4ccccc4)CCC3=O)ccc21. The van der Waals surface area contributed by atoms with E-state index in [2.05, 4.69) is 31.9 Å². The molecule has 2 amide bonds. The summed E-state index contributed by atoms with van der Waals surface area (Å²) in [7, 11) is 0. The highest BCUT2D eigenvalue weighted by atomic mass is 16.3. The Labute approximate surface area is 243 Å². The zero-order chi connectivity index (χ0) is 29.6. The smallest absolute Gasteiger partial charge is 0.264 e. The molecule has 0 bridgehead atoms.